The Hall–Kier alpha value is -1.10. The minimum Gasteiger partial charge on any atom is -0.381 e. The van der Waals surface area contributed by atoms with Gasteiger partial charge in [-0.1, -0.05) is 13.3 Å². The summed E-state index contributed by atoms with van der Waals surface area (Å²) >= 11 is 0. The molecular formula is C14H24N2O3. The Morgan fingerprint density at radius 3 is 2.68 bits per heavy atom. The smallest absolute Gasteiger partial charge is 0.245 e. The predicted octanol–water partition coefficient (Wildman–Crippen LogP) is 1.07. The minimum absolute atomic E-state index is 0.00930. The van der Waals surface area contributed by atoms with Crippen LogP contribution in [-0.2, 0) is 14.3 Å². The molecule has 2 fully saturated rings. The fourth-order valence-electron chi connectivity index (χ4n) is 2.94. The molecule has 0 bridgehead atoms. The van der Waals surface area contributed by atoms with E-state index in [-0.39, 0.29) is 23.4 Å². The predicted molar refractivity (Wildman–Crippen MR) is 71.6 cm³/mol. The van der Waals surface area contributed by atoms with E-state index in [4.69, 9.17) is 4.74 Å². The molecule has 2 saturated heterocycles. The fourth-order valence-corrected chi connectivity index (χ4v) is 2.94. The maximum absolute atomic E-state index is 12.7. The minimum atomic E-state index is -0.348. The van der Waals surface area contributed by atoms with E-state index < -0.39 is 0 Å². The molecule has 2 amide bonds. The highest BCUT2D eigenvalue weighted by molar-refractivity contribution is 5.90. The summed E-state index contributed by atoms with van der Waals surface area (Å²) in [6.45, 7) is 6.07. The highest BCUT2D eigenvalue weighted by Gasteiger charge is 2.41. The van der Waals surface area contributed by atoms with Gasteiger partial charge in [-0.05, 0) is 26.2 Å². The van der Waals surface area contributed by atoms with Crippen molar-refractivity contribution in [2.75, 3.05) is 19.8 Å². The molecule has 0 spiro atoms. The second-order valence-corrected chi connectivity index (χ2v) is 5.76. The summed E-state index contributed by atoms with van der Waals surface area (Å²) in [6.07, 6.45) is 3.72. The van der Waals surface area contributed by atoms with Crippen molar-refractivity contribution in [3.05, 3.63) is 0 Å². The van der Waals surface area contributed by atoms with Gasteiger partial charge in [0.2, 0.25) is 11.8 Å². The zero-order valence-electron chi connectivity index (χ0n) is 11.9. The third-order valence-corrected chi connectivity index (χ3v) is 4.26. The quantitative estimate of drug-likeness (QED) is 0.833. The molecule has 2 rings (SSSR count). The molecule has 0 aliphatic carbocycles. The van der Waals surface area contributed by atoms with Crippen LogP contribution in [0.2, 0.25) is 0 Å². The summed E-state index contributed by atoms with van der Waals surface area (Å²) in [5.74, 6) is 0.0714. The average molecular weight is 268 g/mol. The van der Waals surface area contributed by atoms with Crippen LogP contribution < -0.4 is 5.32 Å². The van der Waals surface area contributed by atoms with Crippen LogP contribution in [0.1, 0.15) is 46.0 Å². The monoisotopic (exact) mass is 268 g/mol. The number of rotatable bonds is 3. The lowest BCUT2D eigenvalue weighted by atomic mass is 9.89. The Morgan fingerprint density at radius 2 is 2.05 bits per heavy atom. The van der Waals surface area contributed by atoms with Crippen molar-refractivity contribution in [2.24, 2.45) is 0 Å². The molecule has 0 aromatic rings. The van der Waals surface area contributed by atoms with E-state index in [1.165, 1.54) is 0 Å². The highest BCUT2D eigenvalue weighted by atomic mass is 16.5. The van der Waals surface area contributed by atoms with Gasteiger partial charge in [-0.25, -0.2) is 0 Å². The Morgan fingerprint density at radius 1 is 1.37 bits per heavy atom. The summed E-state index contributed by atoms with van der Waals surface area (Å²) < 4.78 is 5.40. The van der Waals surface area contributed by atoms with Gasteiger partial charge in [-0.3, -0.25) is 9.59 Å². The van der Waals surface area contributed by atoms with Gasteiger partial charge in [0.05, 0.1) is 0 Å². The van der Waals surface area contributed by atoms with E-state index in [1.54, 1.807) is 0 Å². The maximum atomic E-state index is 12.7. The summed E-state index contributed by atoms with van der Waals surface area (Å²) in [7, 11) is 0. The number of hydrogen-bond donors (Lipinski definition) is 1. The zero-order chi connectivity index (χ0) is 13.9. The highest BCUT2D eigenvalue weighted by Crippen LogP contribution is 2.29. The van der Waals surface area contributed by atoms with Gasteiger partial charge in [0.1, 0.15) is 6.04 Å². The van der Waals surface area contributed by atoms with Crippen LogP contribution in [-0.4, -0.2) is 48.1 Å². The first-order valence-electron chi connectivity index (χ1n) is 7.25. The third kappa shape index (κ3) is 3.08. The van der Waals surface area contributed by atoms with Crippen LogP contribution in [0, 0.1) is 0 Å². The molecule has 2 aliphatic heterocycles. The molecular weight excluding hydrogens is 244 g/mol. The standard InChI is InChI=1S/C14H24N2O3/c1-3-4-11-13(18)16(8-5-12(17)15-11)14(2)6-9-19-10-7-14/h11H,3-10H2,1-2H3,(H,15,17). The van der Waals surface area contributed by atoms with Crippen LogP contribution in [0.15, 0.2) is 0 Å². The number of nitrogens with zero attached hydrogens (tertiary/aromatic N) is 1. The van der Waals surface area contributed by atoms with Gasteiger partial charge >= 0.3 is 0 Å². The number of nitrogens with one attached hydrogen (secondary N) is 1. The molecule has 2 heterocycles. The first kappa shape index (κ1) is 14.3. The molecule has 0 radical (unpaired) electrons. The van der Waals surface area contributed by atoms with Crippen LogP contribution in [0.3, 0.4) is 0 Å². The van der Waals surface area contributed by atoms with Crippen LogP contribution >= 0.6 is 0 Å². The lowest BCUT2D eigenvalue weighted by Gasteiger charge is -2.44. The normalized spacial score (nSPS) is 27.9. The van der Waals surface area contributed by atoms with E-state index in [9.17, 15) is 9.59 Å². The summed E-state index contributed by atoms with van der Waals surface area (Å²) in [6, 6.07) is -0.348. The van der Waals surface area contributed by atoms with Crippen molar-refractivity contribution in [3.63, 3.8) is 0 Å². The Balaban J connectivity index is 2.17. The molecule has 1 unspecified atom stereocenters. The van der Waals surface area contributed by atoms with Crippen molar-refractivity contribution in [1.29, 1.82) is 0 Å². The second-order valence-electron chi connectivity index (χ2n) is 5.76. The Kier molecular flexibility index (Phi) is 4.45. The van der Waals surface area contributed by atoms with Crippen LogP contribution in [0.25, 0.3) is 0 Å². The lowest BCUT2D eigenvalue weighted by Crippen LogP contribution is -2.56. The number of carbonyl (C=O) groups excluding carboxylic acids is 2. The van der Waals surface area contributed by atoms with Gasteiger partial charge in [0.25, 0.3) is 0 Å². The SMILES string of the molecule is CCCC1NC(=O)CCN(C2(C)CCOCC2)C1=O. The van der Waals surface area contributed by atoms with E-state index in [2.05, 4.69) is 12.2 Å². The van der Waals surface area contributed by atoms with Crippen molar-refractivity contribution >= 4 is 11.8 Å². The largest absolute Gasteiger partial charge is 0.381 e. The molecule has 5 heteroatoms. The molecule has 0 aromatic heterocycles. The number of hydrogen-bond acceptors (Lipinski definition) is 3. The Labute approximate surface area is 114 Å². The van der Waals surface area contributed by atoms with Crippen molar-refractivity contribution in [3.8, 4) is 0 Å². The lowest BCUT2D eigenvalue weighted by molar-refractivity contribution is -0.142. The first-order valence-corrected chi connectivity index (χ1v) is 7.25. The van der Waals surface area contributed by atoms with Crippen molar-refractivity contribution in [1.82, 2.24) is 10.2 Å². The number of ether oxygens (including phenoxy) is 1. The molecule has 5 nitrogen and oxygen atoms in total. The maximum Gasteiger partial charge on any atom is 0.245 e. The Bertz CT molecular complexity index is 351. The van der Waals surface area contributed by atoms with Gasteiger partial charge in [0, 0.05) is 31.7 Å². The summed E-state index contributed by atoms with van der Waals surface area (Å²) in [4.78, 5) is 26.3. The van der Waals surface area contributed by atoms with E-state index in [0.29, 0.717) is 32.6 Å². The van der Waals surface area contributed by atoms with E-state index in [1.807, 2.05) is 11.8 Å². The average Bonchev–Trinajstić information content (AvgIpc) is 2.51. The summed E-state index contributed by atoms with van der Waals surface area (Å²) in [5.41, 5.74) is -0.159. The van der Waals surface area contributed by atoms with Gasteiger partial charge in [0.15, 0.2) is 0 Å². The van der Waals surface area contributed by atoms with E-state index in [0.717, 1.165) is 19.3 Å². The molecule has 1 atom stereocenters. The second kappa shape index (κ2) is 5.90. The van der Waals surface area contributed by atoms with Crippen LogP contribution in [0.4, 0.5) is 0 Å². The zero-order valence-corrected chi connectivity index (χ0v) is 11.9. The molecule has 19 heavy (non-hydrogen) atoms. The van der Waals surface area contributed by atoms with Gasteiger partial charge < -0.3 is 15.0 Å². The van der Waals surface area contributed by atoms with Gasteiger partial charge in [-0.2, -0.15) is 0 Å². The number of carbonyl (C=O) groups is 2. The van der Waals surface area contributed by atoms with E-state index >= 15 is 0 Å². The fraction of sp³-hybridized carbons (Fsp3) is 0.857. The van der Waals surface area contributed by atoms with Crippen LogP contribution in [0.5, 0.6) is 0 Å². The molecule has 2 aliphatic rings. The van der Waals surface area contributed by atoms with Crippen molar-refractivity contribution < 1.29 is 14.3 Å². The third-order valence-electron chi connectivity index (χ3n) is 4.26. The molecule has 108 valence electrons. The number of amides is 2. The molecule has 1 N–H and O–H groups in total. The topological polar surface area (TPSA) is 58.6 Å². The summed E-state index contributed by atoms with van der Waals surface area (Å²) in [5, 5.41) is 2.85. The molecule has 0 saturated carbocycles. The first-order chi connectivity index (χ1) is 9.07. The van der Waals surface area contributed by atoms with Gasteiger partial charge in [-0.15, -0.1) is 0 Å². The molecule has 0 aromatic carbocycles. The van der Waals surface area contributed by atoms with Crippen molar-refractivity contribution in [2.45, 2.75) is 57.5 Å².